The van der Waals surface area contributed by atoms with Gasteiger partial charge in [-0.3, -0.25) is 13.9 Å². The van der Waals surface area contributed by atoms with Crippen LogP contribution in [0.15, 0.2) is 56.6 Å². The minimum atomic E-state index is -0.356. The summed E-state index contributed by atoms with van der Waals surface area (Å²) in [4.78, 5) is 30.6. The maximum absolute atomic E-state index is 13.2. The zero-order valence-electron chi connectivity index (χ0n) is 18.1. The number of unbranched alkanes of at least 4 members (excludes halogenated alkanes) is 2. The fourth-order valence-electron chi connectivity index (χ4n) is 3.69. The van der Waals surface area contributed by atoms with Crippen LogP contribution in [0.2, 0.25) is 0 Å². The van der Waals surface area contributed by atoms with Crippen molar-refractivity contribution in [1.82, 2.24) is 19.3 Å². The SMILES string of the molecule is CCCCCn1c(=O)c2ccccc2n(Cc2nc(-c3ccc(C)c(C)c3)no2)c1=O. The van der Waals surface area contributed by atoms with Gasteiger partial charge in [0, 0.05) is 12.1 Å². The molecule has 0 radical (unpaired) electrons. The Morgan fingerprint density at radius 1 is 0.968 bits per heavy atom. The molecule has 4 rings (SSSR count). The Morgan fingerprint density at radius 2 is 1.77 bits per heavy atom. The molecule has 0 spiro atoms. The molecule has 0 saturated carbocycles. The van der Waals surface area contributed by atoms with Gasteiger partial charge in [-0.1, -0.05) is 49.2 Å². The summed E-state index contributed by atoms with van der Waals surface area (Å²) < 4.78 is 8.32. The van der Waals surface area contributed by atoms with Gasteiger partial charge in [-0.2, -0.15) is 4.98 Å². The molecule has 2 heterocycles. The molecule has 0 amide bonds. The highest BCUT2D eigenvalue weighted by Crippen LogP contribution is 2.20. The molecule has 0 atom stereocenters. The highest BCUT2D eigenvalue weighted by atomic mass is 16.5. The number of hydrogen-bond acceptors (Lipinski definition) is 5. The average molecular weight is 418 g/mol. The van der Waals surface area contributed by atoms with Crippen molar-refractivity contribution in [3.05, 3.63) is 80.3 Å². The van der Waals surface area contributed by atoms with Crippen LogP contribution in [0.5, 0.6) is 0 Å². The molecule has 0 unspecified atom stereocenters. The van der Waals surface area contributed by atoms with Gasteiger partial charge < -0.3 is 4.52 Å². The maximum atomic E-state index is 13.2. The van der Waals surface area contributed by atoms with E-state index in [2.05, 4.69) is 17.1 Å². The fourth-order valence-corrected chi connectivity index (χ4v) is 3.69. The molecule has 0 aliphatic heterocycles. The molecule has 7 nitrogen and oxygen atoms in total. The van der Waals surface area contributed by atoms with Crippen LogP contribution in [0.3, 0.4) is 0 Å². The third kappa shape index (κ3) is 4.08. The molecule has 4 aromatic rings. The van der Waals surface area contributed by atoms with Crippen molar-refractivity contribution in [2.75, 3.05) is 0 Å². The van der Waals surface area contributed by atoms with Crippen LogP contribution < -0.4 is 11.2 Å². The van der Waals surface area contributed by atoms with Crippen molar-refractivity contribution in [3.63, 3.8) is 0 Å². The van der Waals surface area contributed by atoms with E-state index >= 15 is 0 Å². The summed E-state index contributed by atoms with van der Waals surface area (Å²) in [6.45, 7) is 6.67. The third-order valence-electron chi connectivity index (χ3n) is 5.64. The third-order valence-corrected chi connectivity index (χ3v) is 5.64. The Morgan fingerprint density at radius 3 is 2.55 bits per heavy atom. The number of fused-ring (bicyclic) bond motifs is 1. The second kappa shape index (κ2) is 8.71. The van der Waals surface area contributed by atoms with Crippen molar-refractivity contribution in [1.29, 1.82) is 0 Å². The summed E-state index contributed by atoms with van der Waals surface area (Å²) in [7, 11) is 0. The molecule has 0 saturated heterocycles. The van der Waals surface area contributed by atoms with Crippen LogP contribution in [0.4, 0.5) is 0 Å². The van der Waals surface area contributed by atoms with E-state index in [0.29, 0.717) is 29.2 Å². The lowest BCUT2D eigenvalue weighted by molar-refractivity contribution is 0.369. The molecule has 160 valence electrons. The molecule has 2 aromatic carbocycles. The Labute approximate surface area is 180 Å². The molecule has 0 bridgehead atoms. The zero-order valence-corrected chi connectivity index (χ0v) is 18.1. The Kier molecular flexibility index (Phi) is 5.84. The number of para-hydroxylation sites is 1. The van der Waals surface area contributed by atoms with Gasteiger partial charge >= 0.3 is 5.69 Å². The maximum Gasteiger partial charge on any atom is 0.331 e. The van der Waals surface area contributed by atoms with Crippen LogP contribution in [0.25, 0.3) is 22.3 Å². The van der Waals surface area contributed by atoms with Crippen molar-refractivity contribution in [2.45, 2.75) is 53.1 Å². The zero-order chi connectivity index (χ0) is 22.0. The van der Waals surface area contributed by atoms with Gasteiger partial charge in [0.15, 0.2) is 0 Å². The van der Waals surface area contributed by atoms with E-state index in [1.807, 2.05) is 38.1 Å². The first-order valence-electron chi connectivity index (χ1n) is 10.6. The standard InChI is InChI=1S/C24H26N4O3/c1-4-5-8-13-27-23(29)19-9-6-7-10-20(19)28(24(27)30)15-21-25-22(26-31-21)18-12-11-16(2)17(3)14-18/h6-7,9-12,14H,4-5,8,13,15H2,1-3H3. The molecular formula is C24H26N4O3. The molecule has 7 heteroatoms. The number of aromatic nitrogens is 4. The average Bonchev–Trinajstić information content (AvgIpc) is 3.24. The van der Waals surface area contributed by atoms with E-state index in [4.69, 9.17) is 4.52 Å². The minimum Gasteiger partial charge on any atom is -0.337 e. The number of benzene rings is 2. The predicted octanol–water partition coefficient (Wildman–Crippen LogP) is 4.07. The summed E-state index contributed by atoms with van der Waals surface area (Å²) in [5.41, 5.74) is 3.15. The van der Waals surface area contributed by atoms with Crippen LogP contribution in [0.1, 0.15) is 43.2 Å². The highest BCUT2D eigenvalue weighted by Gasteiger charge is 2.16. The minimum absolute atomic E-state index is 0.102. The van der Waals surface area contributed by atoms with Crippen molar-refractivity contribution < 1.29 is 4.52 Å². The van der Waals surface area contributed by atoms with Gasteiger partial charge in [0.2, 0.25) is 11.7 Å². The quantitative estimate of drug-likeness (QED) is 0.423. The summed E-state index contributed by atoms with van der Waals surface area (Å²) in [5, 5.41) is 4.60. The monoisotopic (exact) mass is 418 g/mol. The van der Waals surface area contributed by atoms with Gasteiger partial charge in [-0.25, -0.2) is 4.79 Å². The van der Waals surface area contributed by atoms with Gasteiger partial charge in [0.1, 0.15) is 6.54 Å². The van der Waals surface area contributed by atoms with E-state index in [1.165, 1.54) is 10.1 Å². The number of aryl methyl sites for hydroxylation is 2. The van der Waals surface area contributed by atoms with Crippen LogP contribution in [0, 0.1) is 13.8 Å². The largest absolute Gasteiger partial charge is 0.337 e. The smallest absolute Gasteiger partial charge is 0.331 e. The van der Waals surface area contributed by atoms with Crippen LogP contribution >= 0.6 is 0 Å². The summed E-state index contributed by atoms with van der Waals surface area (Å²) in [6.07, 6.45) is 2.75. The first-order chi connectivity index (χ1) is 15.0. The van der Waals surface area contributed by atoms with Crippen molar-refractivity contribution in [3.8, 4) is 11.4 Å². The van der Waals surface area contributed by atoms with Crippen LogP contribution in [-0.4, -0.2) is 19.3 Å². The summed E-state index contributed by atoms with van der Waals surface area (Å²) in [6, 6.07) is 13.1. The van der Waals surface area contributed by atoms with Gasteiger partial charge in [0.05, 0.1) is 10.9 Å². The highest BCUT2D eigenvalue weighted by molar-refractivity contribution is 5.77. The molecule has 0 aliphatic rings. The van der Waals surface area contributed by atoms with Gasteiger partial charge in [-0.05, 0) is 49.6 Å². The lowest BCUT2D eigenvalue weighted by atomic mass is 10.1. The normalized spacial score (nSPS) is 11.3. The number of hydrogen-bond donors (Lipinski definition) is 0. The lowest BCUT2D eigenvalue weighted by Gasteiger charge is -2.12. The Balaban J connectivity index is 1.74. The second-order valence-corrected chi connectivity index (χ2v) is 7.86. The first kappa shape index (κ1) is 20.8. The molecule has 2 aromatic heterocycles. The first-order valence-corrected chi connectivity index (χ1v) is 10.6. The Bertz CT molecular complexity index is 1350. The number of nitrogens with zero attached hydrogens (tertiary/aromatic N) is 4. The number of rotatable bonds is 7. The van der Waals surface area contributed by atoms with E-state index in [1.54, 1.807) is 22.8 Å². The van der Waals surface area contributed by atoms with E-state index in [0.717, 1.165) is 30.4 Å². The van der Waals surface area contributed by atoms with E-state index in [-0.39, 0.29) is 17.8 Å². The topological polar surface area (TPSA) is 82.9 Å². The molecular weight excluding hydrogens is 392 g/mol. The van der Waals surface area contributed by atoms with Crippen LogP contribution in [-0.2, 0) is 13.1 Å². The van der Waals surface area contributed by atoms with Gasteiger partial charge in [-0.15, -0.1) is 0 Å². The van der Waals surface area contributed by atoms with Crippen molar-refractivity contribution >= 4 is 10.9 Å². The fraction of sp³-hybridized carbons (Fsp3) is 0.333. The summed E-state index contributed by atoms with van der Waals surface area (Å²) >= 11 is 0. The molecule has 0 fully saturated rings. The molecule has 0 N–H and O–H groups in total. The molecule has 31 heavy (non-hydrogen) atoms. The van der Waals surface area contributed by atoms with E-state index < -0.39 is 0 Å². The second-order valence-electron chi connectivity index (χ2n) is 7.86. The van der Waals surface area contributed by atoms with E-state index in [9.17, 15) is 9.59 Å². The predicted molar refractivity (Wildman–Crippen MR) is 120 cm³/mol. The van der Waals surface area contributed by atoms with Gasteiger partial charge in [0.25, 0.3) is 5.56 Å². The lowest BCUT2D eigenvalue weighted by Crippen LogP contribution is -2.40. The summed E-state index contributed by atoms with van der Waals surface area (Å²) in [5.74, 6) is 0.797. The Hall–Kier alpha value is -3.48. The van der Waals surface area contributed by atoms with Crippen molar-refractivity contribution in [2.24, 2.45) is 0 Å². The molecule has 0 aliphatic carbocycles.